The molecule has 0 bridgehead atoms. The third kappa shape index (κ3) is 5.01. The molecule has 36 heavy (non-hydrogen) atoms. The maximum absolute atomic E-state index is 13.0. The van der Waals surface area contributed by atoms with Crippen molar-refractivity contribution >= 4 is 55.5 Å². The molecule has 11 heteroatoms. The van der Waals surface area contributed by atoms with Crippen LogP contribution in [0.4, 0.5) is 17.1 Å². The normalized spacial score (nSPS) is 11.7. The van der Waals surface area contributed by atoms with Crippen molar-refractivity contribution in [3.05, 3.63) is 82.9 Å². The van der Waals surface area contributed by atoms with Crippen molar-refractivity contribution in [2.24, 2.45) is 10.2 Å². The number of nitrogens with one attached hydrogen (secondary N) is 1. The Morgan fingerprint density at radius 2 is 1.67 bits per heavy atom. The van der Waals surface area contributed by atoms with E-state index in [1.165, 1.54) is 32.2 Å². The first-order valence-corrected chi connectivity index (χ1v) is 12.3. The molecule has 3 N–H and O–H groups in total. The van der Waals surface area contributed by atoms with Crippen molar-refractivity contribution in [1.29, 1.82) is 0 Å². The minimum absolute atomic E-state index is 0.0748. The van der Waals surface area contributed by atoms with Gasteiger partial charge in [0.2, 0.25) is 0 Å². The zero-order valence-electron chi connectivity index (χ0n) is 19.1. The van der Waals surface area contributed by atoms with Crippen LogP contribution in [0.25, 0.3) is 10.8 Å². The second-order valence-corrected chi connectivity index (χ2v) is 9.51. The number of phenols is 1. The van der Waals surface area contributed by atoms with E-state index in [9.17, 15) is 22.9 Å². The molecule has 0 aliphatic carbocycles. The summed E-state index contributed by atoms with van der Waals surface area (Å²) >= 11 is 6.16. The summed E-state index contributed by atoms with van der Waals surface area (Å²) < 4.78 is 38.7. The van der Waals surface area contributed by atoms with Crippen LogP contribution >= 0.6 is 11.6 Å². The molecule has 4 aromatic rings. The molecule has 1 amide bonds. The first-order valence-electron chi connectivity index (χ1n) is 10.5. The number of amides is 1. The van der Waals surface area contributed by atoms with Gasteiger partial charge in [-0.2, -0.15) is 8.42 Å². The summed E-state index contributed by atoms with van der Waals surface area (Å²) in [6.07, 6.45) is 0. The fraction of sp³-hybridized carbons (Fsp3) is 0.0800. The van der Waals surface area contributed by atoms with Gasteiger partial charge in [-0.3, -0.25) is 9.35 Å². The number of benzene rings is 4. The molecule has 0 aliphatic rings. The second-order valence-electron chi connectivity index (χ2n) is 7.74. The molecular formula is C25H20ClN3O6S. The van der Waals surface area contributed by atoms with Gasteiger partial charge in [0.15, 0.2) is 5.75 Å². The van der Waals surface area contributed by atoms with Gasteiger partial charge >= 0.3 is 0 Å². The third-order valence-electron chi connectivity index (χ3n) is 5.37. The van der Waals surface area contributed by atoms with E-state index in [1.54, 1.807) is 48.5 Å². The summed E-state index contributed by atoms with van der Waals surface area (Å²) in [6.45, 7) is 1.47. The van der Waals surface area contributed by atoms with E-state index in [0.29, 0.717) is 22.2 Å². The number of ether oxygens (including phenoxy) is 1. The Morgan fingerprint density at radius 1 is 1.00 bits per heavy atom. The molecule has 0 saturated heterocycles. The monoisotopic (exact) mass is 525 g/mol. The Morgan fingerprint density at radius 3 is 2.33 bits per heavy atom. The molecule has 0 aliphatic heterocycles. The second kappa shape index (κ2) is 9.94. The van der Waals surface area contributed by atoms with Crippen molar-refractivity contribution < 1.29 is 27.6 Å². The van der Waals surface area contributed by atoms with Crippen LogP contribution in [0.3, 0.4) is 0 Å². The minimum Gasteiger partial charge on any atom is -0.505 e. The van der Waals surface area contributed by atoms with Crippen LogP contribution in [-0.4, -0.2) is 31.1 Å². The highest BCUT2D eigenvalue weighted by atomic mass is 35.5. The number of hydrogen-bond donors (Lipinski definition) is 3. The minimum atomic E-state index is -4.68. The van der Waals surface area contributed by atoms with Crippen molar-refractivity contribution in [3.8, 4) is 11.5 Å². The summed E-state index contributed by atoms with van der Waals surface area (Å²) in [6, 6.07) is 17.8. The van der Waals surface area contributed by atoms with E-state index < -0.39 is 26.7 Å². The predicted molar refractivity (Wildman–Crippen MR) is 137 cm³/mol. The van der Waals surface area contributed by atoms with Crippen LogP contribution < -0.4 is 10.1 Å². The Labute approximate surface area is 211 Å². The molecule has 4 aromatic carbocycles. The first-order chi connectivity index (χ1) is 17.1. The smallest absolute Gasteiger partial charge is 0.297 e. The number of nitrogens with zero attached hydrogens (tertiary/aromatic N) is 2. The van der Waals surface area contributed by atoms with Crippen molar-refractivity contribution in [2.45, 2.75) is 11.8 Å². The zero-order valence-corrected chi connectivity index (χ0v) is 20.6. The third-order valence-corrected chi connectivity index (χ3v) is 6.71. The molecule has 0 atom stereocenters. The largest absolute Gasteiger partial charge is 0.505 e. The number of carbonyl (C=O) groups excluding carboxylic acids is 1. The van der Waals surface area contributed by atoms with Gasteiger partial charge in [-0.15, -0.1) is 10.2 Å². The molecule has 184 valence electrons. The van der Waals surface area contributed by atoms with Gasteiger partial charge in [-0.05, 0) is 54.3 Å². The van der Waals surface area contributed by atoms with E-state index in [1.807, 2.05) is 0 Å². The fourth-order valence-corrected chi connectivity index (χ4v) is 4.75. The Kier molecular flexibility index (Phi) is 6.93. The van der Waals surface area contributed by atoms with Gasteiger partial charge in [0, 0.05) is 11.1 Å². The predicted octanol–water partition coefficient (Wildman–Crippen LogP) is 6.43. The quantitative estimate of drug-likeness (QED) is 0.196. The van der Waals surface area contributed by atoms with Crippen LogP contribution in [0.2, 0.25) is 5.02 Å². The van der Waals surface area contributed by atoms with Crippen molar-refractivity contribution in [2.75, 3.05) is 12.4 Å². The average molecular weight is 526 g/mol. The van der Waals surface area contributed by atoms with Crippen LogP contribution in [0.1, 0.15) is 15.9 Å². The first kappa shape index (κ1) is 25.1. The molecule has 0 fully saturated rings. The van der Waals surface area contributed by atoms with Gasteiger partial charge < -0.3 is 15.2 Å². The number of fused-ring (bicyclic) bond motifs is 1. The van der Waals surface area contributed by atoms with E-state index in [4.69, 9.17) is 16.3 Å². The highest BCUT2D eigenvalue weighted by Gasteiger charge is 2.23. The lowest BCUT2D eigenvalue weighted by atomic mass is 10.0. The summed E-state index contributed by atoms with van der Waals surface area (Å²) in [5, 5.41) is 22.7. The number of rotatable bonds is 6. The summed E-state index contributed by atoms with van der Waals surface area (Å²) in [4.78, 5) is 12.5. The number of aryl methyl sites for hydroxylation is 1. The lowest BCUT2D eigenvalue weighted by Crippen LogP contribution is -2.12. The SMILES string of the molecule is COc1ccc(NC(=O)c2cc3ccccc3c(N=Nc3c(Cl)ccc(C)c3S(=O)(=O)O)c2O)cc1. The number of methoxy groups -OCH3 is 1. The van der Waals surface area contributed by atoms with Crippen LogP contribution in [0.5, 0.6) is 11.5 Å². The van der Waals surface area contributed by atoms with E-state index in [2.05, 4.69) is 15.5 Å². The van der Waals surface area contributed by atoms with Crippen molar-refractivity contribution in [1.82, 2.24) is 0 Å². The number of anilines is 1. The van der Waals surface area contributed by atoms with E-state index in [-0.39, 0.29) is 27.5 Å². The number of hydrogen-bond acceptors (Lipinski definition) is 7. The van der Waals surface area contributed by atoms with Gasteiger partial charge in [0.05, 0.1) is 17.7 Å². The van der Waals surface area contributed by atoms with Crippen LogP contribution in [0.15, 0.2) is 81.9 Å². The zero-order chi connectivity index (χ0) is 26.0. The number of aromatic hydroxyl groups is 1. The van der Waals surface area contributed by atoms with Crippen LogP contribution in [0, 0.1) is 6.92 Å². The van der Waals surface area contributed by atoms with E-state index >= 15 is 0 Å². The molecule has 0 heterocycles. The van der Waals surface area contributed by atoms with Gasteiger partial charge in [-0.25, -0.2) is 0 Å². The number of phenolic OH excluding ortho intramolecular Hbond substituents is 1. The number of carbonyl (C=O) groups is 1. The van der Waals surface area contributed by atoms with Gasteiger partial charge in [-0.1, -0.05) is 41.9 Å². The Hall–Kier alpha value is -3.99. The molecule has 0 radical (unpaired) electrons. The highest BCUT2D eigenvalue weighted by Crippen LogP contribution is 2.42. The highest BCUT2D eigenvalue weighted by molar-refractivity contribution is 7.86. The molecule has 0 unspecified atom stereocenters. The standard InChI is InChI=1S/C25H20ClN3O6S/c1-14-7-12-20(26)22(24(14)36(32,33)34)29-28-21-18-6-4-3-5-15(18)13-19(23(21)30)25(31)27-16-8-10-17(35-2)11-9-16/h3-13,30H,1-2H3,(H,27,31)(H,32,33,34). The Balaban J connectivity index is 1.83. The molecule has 0 aromatic heterocycles. The average Bonchev–Trinajstić information content (AvgIpc) is 2.84. The lowest BCUT2D eigenvalue weighted by Gasteiger charge is -2.12. The fourth-order valence-electron chi connectivity index (χ4n) is 3.63. The maximum atomic E-state index is 13.0. The topological polar surface area (TPSA) is 138 Å². The lowest BCUT2D eigenvalue weighted by molar-refractivity contribution is 0.102. The van der Waals surface area contributed by atoms with Crippen molar-refractivity contribution in [3.63, 3.8) is 0 Å². The van der Waals surface area contributed by atoms with Crippen LogP contribution in [-0.2, 0) is 10.1 Å². The van der Waals surface area contributed by atoms with Gasteiger partial charge in [0.1, 0.15) is 22.0 Å². The summed E-state index contributed by atoms with van der Waals surface area (Å²) in [7, 11) is -3.15. The van der Waals surface area contributed by atoms with E-state index in [0.717, 1.165) is 0 Å². The molecule has 0 spiro atoms. The molecular weight excluding hydrogens is 506 g/mol. The molecule has 0 saturated carbocycles. The molecule has 4 rings (SSSR count). The molecule has 9 nitrogen and oxygen atoms in total. The summed E-state index contributed by atoms with van der Waals surface area (Å²) in [5.41, 5.74) is 0.227. The Bertz CT molecular complexity index is 1620. The number of azo groups is 1. The van der Waals surface area contributed by atoms with Gasteiger partial charge in [0.25, 0.3) is 16.0 Å². The summed E-state index contributed by atoms with van der Waals surface area (Å²) in [5.74, 6) is -0.462. The maximum Gasteiger partial charge on any atom is 0.297 e. The number of halogens is 1.